The van der Waals surface area contributed by atoms with Crippen LogP contribution in [0.15, 0.2) is 54.6 Å². The van der Waals surface area contributed by atoms with Gasteiger partial charge in [-0.3, -0.25) is 4.79 Å². The van der Waals surface area contributed by atoms with Crippen molar-refractivity contribution in [2.24, 2.45) is 5.92 Å². The second kappa shape index (κ2) is 10.1. The summed E-state index contributed by atoms with van der Waals surface area (Å²) in [5, 5.41) is 7.49. The summed E-state index contributed by atoms with van der Waals surface area (Å²) in [5.74, 6) is -0.0680. The number of hydrogen-bond acceptors (Lipinski definition) is 4. The van der Waals surface area contributed by atoms with Gasteiger partial charge in [0.1, 0.15) is 5.01 Å². The molecule has 3 aromatic rings. The van der Waals surface area contributed by atoms with Crippen LogP contribution >= 0.6 is 22.9 Å². The molecule has 0 radical (unpaired) electrons. The first-order valence-corrected chi connectivity index (χ1v) is 11.8. The smallest absolute Gasteiger partial charge is 0.321 e. The SMILES string of the molecule is Cc1sc(CNC(=O)C2CCN(C(=O)Nc3ccccc3)CC2)nc1-c1ccc(Cl)cc1. The van der Waals surface area contributed by atoms with Crippen LogP contribution in [0.1, 0.15) is 22.7 Å². The second-order valence-electron chi connectivity index (χ2n) is 7.79. The van der Waals surface area contributed by atoms with E-state index in [0.29, 0.717) is 37.5 Å². The lowest BCUT2D eigenvalue weighted by atomic mass is 9.96. The van der Waals surface area contributed by atoms with Crippen LogP contribution in [-0.2, 0) is 11.3 Å². The van der Waals surface area contributed by atoms with Crippen molar-refractivity contribution < 1.29 is 9.59 Å². The Morgan fingerprint density at radius 2 is 1.78 bits per heavy atom. The van der Waals surface area contributed by atoms with Crippen LogP contribution in [0.4, 0.5) is 10.5 Å². The number of amides is 3. The number of para-hydroxylation sites is 1. The van der Waals surface area contributed by atoms with Crippen molar-refractivity contribution in [1.82, 2.24) is 15.2 Å². The monoisotopic (exact) mass is 468 g/mol. The third-order valence-electron chi connectivity index (χ3n) is 5.55. The van der Waals surface area contributed by atoms with Gasteiger partial charge in [-0.05, 0) is 44.0 Å². The van der Waals surface area contributed by atoms with E-state index in [1.54, 1.807) is 16.2 Å². The zero-order valence-corrected chi connectivity index (χ0v) is 19.4. The fourth-order valence-electron chi connectivity index (χ4n) is 3.78. The maximum absolute atomic E-state index is 12.7. The van der Waals surface area contributed by atoms with Crippen LogP contribution in [0.2, 0.25) is 5.02 Å². The van der Waals surface area contributed by atoms with E-state index in [1.807, 2.05) is 61.5 Å². The van der Waals surface area contributed by atoms with Crippen LogP contribution < -0.4 is 10.6 Å². The van der Waals surface area contributed by atoms with Gasteiger partial charge in [-0.2, -0.15) is 0 Å². The van der Waals surface area contributed by atoms with Gasteiger partial charge in [0.15, 0.2) is 0 Å². The third-order valence-corrected chi connectivity index (χ3v) is 6.77. The van der Waals surface area contributed by atoms with Crippen LogP contribution in [0.25, 0.3) is 11.3 Å². The lowest BCUT2D eigenvalue weighted by Gasteiger charge is -2.31. The summed E-state index contributed by atoms with van der Waals surface area (Å²) in [7, 11) is 0. The van der Waals surface area contributed by atoms with Crippen LogP contribution in [0.3, 0.4) is 0 Å². The summed E-state index contributed by atoms with van der Waals surface area (Å²) in [6.45, 7) is 3.57. The van der Waals surface area contributed by atoms with Gasteiger partial charge >= 0.3 is 6.03 Å². The number of halogens is 1. The molecular formula is C24H25ClN4O2S. The number of aryl methyl sites for hydroxylation is 1. The van der Waals surface area contributed by atoms with Crippen molar-refractivity contribution in [2.45, 2.75) is 26.3 Å². The summed E-state index contributed by atoms with van der Waals surface area (Å²) >= 11 is 7.56. The van der Waals surface area contributed by atoms with Crippen molar-refractivity contribution >= 4 is 40.6 Å². The molecule has 0 bridgehead atoms. The number of carbonyl (C=O) groups is 2. The van der Waals surface area contributed by atoms with Gasteiger partial charge in [0.05, 0.1) is 12.2 Å². The highest BCUT2D eigenvalue weighted by atomic mass is 35.5. The van der Waals surface area contributed by atoms with E-state index in [1.165, 1.54) is 0 Å². The molecule has 0 aliphatic carbocycles. The Morgan fingerprint density at radius 3 is 2.47 bits per heavy atom. The molecule has 166 valence electrons. The zero-order valence-electron chi connectivity index (χ0n) is 17.8. The number of hydrogen-bond donors (Lipinski definition) is 2. The molecule has 2 N–H and O–H groups in total. The summed E-state index contributed by atoms with van der Waals surface area (Å²) in [4.78, 5) is 32.7. The first kappa shape index (κ1) is 22.3. The van der Waals surface area contributed by atoms with Gasteiger partial charge in [-0.25, -0.2) is 9.78 Å². The molecule has 0 spiro atoms. The molecule has 2 aromatic carbocycles. The molecule has 1 fully saturated rings. The summed E-state index contributed by atoms with van der Waals surface area (Å²) in [5.41, 5.74) is 2.71. The number of carbonyl (C=O) groups excluding carboxylic acids is 2. The number of rotatable bonds is 5. The van der Waals surface area contributed by atoms with Crippen molar-refractivity contribution in [3.63, 3.8) is 0 Å². The Kier molecular flexibility index (Phi) is 7.07. The molecule has 8 heteroatoms. The van der Waals surface area contributed by atoms with Crippen molar-refractivity contribution in [2.75, 3.05) is 18.4 Å². The fourth-order valence-corrected chi connectivity index (χ4v) is 4.80. The van der Waals surface area contributed by atoms with Gasteiger partial charge in [-0.1, -0.05) is 41.9 Å². The highest BCUT2D eigenvalue weighted by Crippen LogP contribution is 2.28. The lowest BCUT2D eigenvalue weighted by molar-refractivity contribution is -0.126. The number of benzene rings is 2. The Bertz CT molecular complexity index is 1080. The minimum atomic E-state index is -0.122. The van der Waals surface area contributed by atoms with Gasteiger partial charge in [0.2, 0.25) is 5.91 Å². The van der Waals surface area contributed by atoms with Gasteiger partial charge in [-0.15, -0.1) is 11.3 Å². The van der Waals surface area contributed by atoms with Gasteiger partial charge < -0.3 is 15.5 Å². The van der Waals surface area contributed by atoms with Crippen molar-refractivity contribution in [3.8, 4) is 11.3 Å². The predicted molar refractivity (Wildman–Crippen MR) is 129 cm³/mol. The molecule has 3 amide bonds. The average Bonchev–Trinajstić information content (AvgIpc) is 3.19. The molecular weight excluding hydrogens is 444 g/mol. The number of piperidine rings is 1. The normalized spacial score (nSPS) is 14.2. The fraction of sp³-hybridized carbons (Fsp3) is 0.292. The number of thiazole rings is 1. The van der Waals surface area contributed by atoms with Crippen molar-refractivity contribution in [1.29, 1.82) is 0 Å². The molecule has 1 aliphatic heterocycles. The summed E-state index contributed by atoms with van der Waals surface area (Å²) in [6.07, 6.45) is 1.31. The molecule has 0 saturated carbocycles. The van der Waals surface area contributed by atoms with E-state index in [2.05, 4.69) is 10.6 Å². The molecule has 1 aliphatic rings. The van der Waals surface area contributed by atoms with Crippen LogP contribution in [0, 0.1) is 12.8 Å². The van der Waals surface area contributed by atoms with E-state index in [4.69, 9.17) is 16.6 Å². The predicted octanol–water partition coefficient (Wildman–Crippen LogP) is 5.33. The van der Waals surface area contributed by atoms with E-state index >= 15 is 0 Å². The van der Waals surface area contributed by atoms with Crippen molar-refractivity contribution in [3.05, 3.63) is 69.5 Å². The number of anilines is 1. The van der Waals surface area contributed by atoms with Gasteiger partial charge in [0.25, 0.3) is 0 Å². The molecule has 4 rings (SSSR count). The highest BCUT2D eigenvalue weighted by Gasteiger charge is 2.27. The minimum absolute atomic E-state index is 0.0222. The molecule has 32 heavy (non-hydrogen) atoms. The first-order valence-electron chi connectivity index (χ1n) is 10.6. The Morgan fingerprint density at radius 1 is 1.09 bits per heavy atom. The summed E-state index contributed by atoms with van der Waals surface area (Å²) < 4.78 is 0. The summed E-state index contributed by atoms with van der Waals surface area (Å²) in [6, 6.07) is 16.9. The maximum Gasteiger partial charge on any atom is 0.321 e. The number of nitrogens with zero attached hydrogens (tertiary/aromatic N) is 2. The zero-order chi connectivity index (χ0) is 22.5. The molecule has 0 unspecified atom stereocenters. The Balaban J connectivity index is 1.26. The average molecular weight is 469 g/mol. The maximum atomic E-state index is 12.7. The van der Waals surface area contributed by atoms with Crippen LogP contribution in [-0.4, -0.2) is 34.9 Å². The molecule has 1 aromatic heterocycles. The molecule has 1 saturated heterocycles. The lowest BCUT2D eigenvalue weighted by Crippen LogP contribution is -2.44. The number of nitrogens with one attached hydrogen (secondary N) is 2. The Labute approximate surface area is 196 Å². The number of likely N-dealkylation sites (tertiary alicyclic amines) is 1. The van der Waals surface area contributed by atoms with E-state index in [-0.39, 0.29) is 17.9 Å². The Hall–Kier alpha value is -2.90. The van der Waals surface area contributed by atoms with E-state index in [0.717, 1.165) is 26.8 Å². The first-order chi connectivity index (χ1) is 15.5. The van der Waals surface area contributed by atoms with Gasteiger partial charge in [0, 0.05) is 40.2 Å². The molecule has 2 heterocycles. The standard InChI is InChI=1S/C24H25ClN4O2S/c1-16-22(17-7-9-19(25)10-8-17)28-21(32-16)15-26-23(30)18-11-13-29(14-12-18)24(31)27-20-5-3-2-4-6-20/h2-10,18H,11-15H2,1H3,(H,26,30)(H,27,31). The largest absolute Gasteiger partial charge is 0.349 e. The second-order valence-corrected chi connectivity index (χ2v) is 9.52. The number of urea groups is 1. The number of aromatic nitrogens is 1. The van der Waals surface area contributed by atoms with E-state index in [9.17, 15) is 9.59 Å². The van der Waals surface area contributed by atoms with E-state index < -0.39 is 0 Å². The minimum Gasteiger partial charge on any atom is -0.349 e. The van der Waals surface area contributed by atoms with Crippen LogP contribution in [0.5, 0.6) is 0 Å². The highest BCUT2D eigenvalue weighted by molar-refractivity contribution is 7.12. The topological polar surface area (TPSA) is 74.3 Å². The molecule has 0 atom stereocenters. The third kappa shape index (κ3) is 5.47. The quantitative estimate of drug-likeness (QED) is 0.531. The molecule has 6 nitrogen and oxygen atoms in total.